The van der Waals surface area contributed by atoms with Crippen molar-refractivity contribution in [3.8, 4) is 11.8 Å². The van der Waals surface area contributed by atoms with Crippen LogP contribution < -0.4 is 0 Å². The highest BCUT2D eigenvalue weighted by atomic mass is 35.5. The van der Waals surface area contributed by atoms with Crippen molar-refractivity contribution < 1.29 is 0 Å². The van der Waals surface area contributed by atoms with E-state index in [1.54, 1.807) is 16.9 Å². The number of nitrogens with zero attached hydrogens (tertiary/aromatic N) is 4. The van der Waals surface area contributed by atoms with Gasteiger partial charge in [-0.3, -0.25) is 0 Å². The van der Waals surface area contributed by atoms with Crippen LogP contribution in [-0.2, 0) is 0 Å². The van der Waals surface area contributed by atoms with Crippen molar-refractivity contribution in [2.45, 2.75) is 19.8 Å². The fourth-order valence-electron chi connectivity index (χ4n) is 1.63. The van der Waals surface area contributed by atoms with Crippen molar-refractivity contribution in [3.63, 3.8) is 0 Å². The fourth-order valence-corrected chi connectivity index (χ4v) is 1.81. The molecular weight excluding hydrogens is 236 g/mol. The number of halogens is 1. The van der Waals surface area contributed by atoms with E-state index in [0.29, 0.717) is 16.6 Å². The number of benzene rings is 1. The fraction of sp³-hybridized carbons (Fsp3) is 0.250. The smallest absolute Gasteiger partial charge is 0.183 e. The van der Waals surface area contributed by atoms with E-state index in [9.17, 15) is 0 Å². The predicted octanol–water partition coefficient (Wildman–Crippen LogP) is 2.92. The molecule has 0 saturated carbocycles. The van der Waals surface area contributed by atoms with E-state index in [0.717, 1.165) is 11.3 Å². The molecule has 2 aromatic rings. The van der Waals surface area contributed by atoms with Gasteiger partial charge in [-0.05, 0) is 29.7 Å². The number of aromatic nitrogens is 3. The SMILES string of the molecule is CC(C)c1cc(Cl)ccc1-n1cc(C#N)nn1. The highest BCUT2D eigenvalue weighted by molar-refractivity contribution is 6.30. The van der Waals surface area contributed by atoms with Gasteiger partial charge in [0.05, 0.1) is 11.9 Å². The summed E-state index contributed by atoms with van der Waals surface area (Å²) in [5.41, 5.74) is 2.28. The van der Waals surface area contributed by atoms with Gasteiger partial charge in [0, 0.05) is 5.02 Å². The van der Waals surface area contributed by atoms with E-state index in [1.807, 2.05) is 18.2 Å². The van der Waals surface area contributed by atoms with Gasteiger partial charge in [-0.2, -0.15) is 5.26 Å². The average Bonchev–Trinajstić information content (AvgIpc) is 2.77. The molecule has 0 aliphatic heterocycles. The maximum atomic E-state index is 8.73. The maximum Gasteiger partial charge on any atom is 0.183 e. The Bertz CT molecular complexity index is 580. The molecule has 4 nitrogen and oxygen atoms in total. The molecule has 86 valence electrons. The van der Waals surface area contributed by atoms with Crippen molar-refractivity contribution >= 4 is 11.6 Å². The molecule has 0 atom stereocenters. The van der Waals surface area contributed by atoms with Crippen molar-refractivity contribution in [3.05, 3.63) is 40.7 Å². The highest BCUT2D eigenvalue weighted by Crippen LogP contribution is 2.25. The van der Waals surface area contributed by atoms with Crippen LogP contribution in [0.5, 0.6) is 0 Å². The van der Waals surface area contributed by atoms with E-state index in [4.69, 9.17) is 16.9 Å². The van der Waals surface area contributed by atoms with Crippen LogP contribution in [0.4, 0.5) is 0 Å². The highest BCUT2D eigenvalue weighted by Gasteiger charge is 2.11. The molecule has 5 heteroatoms. The molecule has 0 aliphatic rings. The largest absolute Gasteiger partial charge is 0.219 e. The number of rotatable bonds is 2. The third-order valence-corrected chi connectivity index (χ3v) is 2.70. The maximum absolute atomic E-state index is 8.73. The van der Waals surface area contributed by atoms with Gasteiger partial charge in [-0.25, -0.2) is 4.68 Å². The molecule has 0 N–H and O–H groups in total. The molecule has 1 aromatic carbocycles. The van der Waals surface area contributed by atoms with Crippen LogP contribution in [0.1, 0.15) is 31.0 Å². The molecular formula is C12H11ClN4. The van der Waals surface area contributed by atoms with E-state index in [2.05, 4.69) is 24.2 Å². The second kappa shape index (κ2) is 4.56. The Balaban J connectivity index is 2.55. The van der Waals surface area contributed by atoms with Crippen LogP contribution in [-0.4, -0.2) is 15.0 Å². The van der Waals surface area contributed by atoms with E-state index in [-0.39, 0.29) is 0 Å². The summed E-state index contributed by atoms with van der Waals surface area (Å²) in [4.78, 5) is 0. The Labute approximate surface area is 104 Å². The number of hydrogen-bond acceptors (Lipinski definition) is 3. The lowest BCUT2D eigenvalue weighted by atomic mass is 10.0. The number of nitriles is 1. The molecule has 0 amide bonds. The van der Waals surface area contributed by atoms with Gasteiger partial charge in [0.1, 0.15) is 6.07 Å². The summed E-state index contributed by atoms with van der Waals surface area (Å²) in [6, 6.07) is 7.55. The molecule has 0 radical (unpaired) electrons. The molecule has 0 unspecified atom stereocenters. The molecule has 0 bridgehead atoms. The monoisotopic (exact) mass is 246 g/mol. The summed E-state index contributed by atoms with van der Waals surface area (Å²) in [6.45, 7) is 4.16. The van der Waals surface area contributed by atoms with E-state index < -0.39 is 0 Å². The van der Waals surface area contributed by atoms with Crippen LogP contribution in [0.2, 0.25) is 5.02 Å². The summed E-state index contributed by atoms with van der Waals surface area (Å²) in [5, 5.41) is 17.1. The zero-order valence-electron chi connectivity index (χ0n) is 9.55. The Hall–Kier alpha value is -1.86. The minimum absolute atomic E-state index is 0.301. The van der Waals surface area contributed by atoms with Gasteiger partial charge in [-0.15, -0.1) is 5.10 Å². The molecule has 0 aliphatic carbocycles. The van der Waals surface area contributed by atoms with Gasteiger partial charge in [0.15, 0.2) is 5.69 Å². The standard InChI is InChI=1S/C12H11ClN4/c1-8(2)11-5-9(13)3-4-12(11)17-7-10(6-14)15-16-17/h3-5,7-8H,1-2H3. The lowest BCUT2D eigenvalue weighted by Crippen LogP contribution is -2.02. The van der Waals surface area contributed by atoms with E-state index in [1.165, 1.54) is 0 Å². The molecule has 2 rings (SSSR count). The normalized spacial score (nSPS) is 10.5. The Morgan fingerprint density at radius 2 is 2.18 bits per heavy atom. The lowest BCUT2D eigenvalue weighted by Gasteiger charge is -2.12. The van der Waals surface area contributed by atoms with Crippen molar-refractivity contribution in [1.82, 2.24) is 15.0 Å². The van der Waals surface area contributed by atoms with Crippen LogP contribution in [0.25, 0.3) is 5.69 Å². The van der Waals surface area contributed by atoms with Gasteiger partial charge in [0.25, 0.3) is 0 Å². The molecule has 0 saturated heterocycles. The van der Waals surface area contributed by atoms with E-state index >= 15 is 0 Å². The topological polar surface area (TPSA) is 54.5 Å². The third-order valence-electron chi connectivity index (χ3n) is 2.47. The lowest BCUT2D eigenvalue weighted by molar-refractivity contribution is 0.770. The molecule has 1 aromatic heterocycles. The van der Waals surface area contributed by atoms with Crippen LogP contribution in [0.3, 0.4) is 0 Å². The Kier molecular flexibility index (Phi) is 3.12. The molecule has 17 heavy (non-hydrogen) atoms. The zero-order valence-corrected chi connectivity index (χ0v) is 10.3. The Morgan fingerprint density at radius 1 is 1.41 bits per heavy atom. The molecule has 0 spiro atoms. The van der Waals surface area contributed by atoms with Gasteiger partial charge in [-0.1, -0.05) is 30.7 Å². The minimum Gasteiger partial charge on any atom is -0.219 e. The third kappa shape index (κ3) is 2.29. The minimum atomic E-state index is 0.301. The quantitative estimate of drug-likeness (QED) is 0.819. The van der Waals surface area contributed by atoms with Gasteiger partial charge < -0.3 is 0 Å². The van der Waals surface area contributed by atoms with Crippen LogP contribution >= 0.6 is 11.6 Å². The predicted molar refractivity (Wildman–Crippen MR) is 65.2 cm³/mol. The van der Waals surface area contributed by atoms with Crippen molar-refractivity contribution in [2.75, 3.05) is 0 Å². The second-order valence-corrected chi connectivity index (χ2v) is 4.45. The summed E-state index contributed by atoms with van der Waals surface area (Å²) >= 11 is 5.98. The van der Waals surface area contributed by atoms with Crippen LogP contribution in [0, 0.1) is 11.3 Å². The van der Waals surface area contributed by atoms with Gasteiger partial charge >= 0.3 is 0 Å². The summed E-state index contributed by atoms with van der Waals surface area (Å²) in [5.74, 6) is 0.318. The number of hydrogen-bond donors (Lipinski definition) is 0. The summed E-state index contributed by atoms with van der Waals surface area (Å²) in [6.07, 6.45) is 1.61. The first-order chi connectivity index (χ1) is 8.11. The van der Waals surface area contributed by atoms with Gasteiger partial charge in [0.2, 0.25) is 0 Å². The molecule has 1 heterocycles. The zero-order chi connectivity index (χ0) is 12.4. The van der Waals surface area contributed by atoms with Crippen molar-refractivity contribution in [1.29, 1.82) is 5.26 Å². The molecule has 0 fully saturated rings. The van der Waals surface area contributed by atoms with Crippen molar-refractivity contribution in [2.24, 2.45) is 0 Å². The average molecular weight is 247 g/mol. The first-order valence-corrected chi connectivity index (χ1v) is 5.62. The Morgan fingerprint density at radius 3 is 2.76 bits per heavy atom. The van der Waals surface area contributed by atoms with Crippen LogP contribution in [0.15, 0.2) is 24.4 Å². The first kappa shape index (κ1) is 11.6. The first-order valence-electron chi connectivity index (χ1n) is 5.24. The summed E-state index contributed by atoms with van der Waals surface area (Å²) in [7, 11) is 0. The summed E-state index contributed by atoms with van der Waals surface area (Å²) < 4.78 is 1.60. The second-order valence-electron chi connectivity index (χ2n) is 4.02.